The van der Waals surface area contributed by atoms with E-state index < -0.39 is 0 Å². The Morgan fingerprint density at radius 1 is 1.16 bits per heavy atom. The van der Waals surface area contributed by atoms with Crippen LogP contribution in [0.15, 0.2) is 42.7 Å². The highest BCUT2D eigenvalue weighted by molar-refractivity contribution is 5.30. The number of ether oxygens (including phenoxy) is 1. The first-order chi connectivity index (χ1) is 9.28. The van der Waals surface area contributed by atoms with Crippen molar-refractivity contribution in [2.45, 2.75) is 12.8 Å². The third-order valence-corrected chi connectivity index (χ3v) is 2.75. The lowest BCUT2D eigenvalue weighted by molar-refractivity contribution is 0.319. The molecule has 0 aliphatic carbocycles. The van der Waals surface area contributed by atoms with Crippen molar-refractivity contribution < 1.29 is 9.13 Å². The molecule has 0 radical (unpaired) electrons. The van der Waals surface area contributed by atoms with E-state index in [-0.39, 0.29) is 5.82 Å². The van der Waals surface area contributed by atoms with Crippen LogP contribution in [0.2, 0.25) is 0 Å². The van der Waals surface area contributed by atoms with E-state index in [0.717, 1.165) is 17.5 Å². The smallest absolute Gasteiger partial charge is 0.127 e. The summed E-state index contributed by atoms with van der Waals surface area (Å²) in [5, 5.41) is 0. The Hall–Kier alpha value is -1.94. The SMILES string of the molecule is NCCc1cc(F)cc(OCCc2cccnc2)c1. The number of hydrogen-bond acceptors (Lipinski definition) is 3. The van der Waals surface area contributed by atoms with Gasteiger partial charge in [0.05, 0.1) is 6.61 Å². The van der Waals surface area contributed by atoms with E-state index in [0.29, 0.717) is 25.3 Å². The molecule has 0 amide bonds. The Morgan fingerprint density at radius 2 is 2.05 bits per heavy atom. The lowest BCUT2D eigenvalue weighted by Crippen LogP contribution is -2.05. The lowest BCUT2D eigenvalue weighted by atomic mass is 10.1. The molecule has 1 aromatic heterocycles. The van der Waals surface area contributed by atoms with Gasteiger partial charge in [0.15, 0.2) is 0 Å². The number of benzene rings is 1. The number of pyridine rings is 1. The van der Waals surface area contributed by atoms with Crippen LogP contribution in [-0.4, -0.2) is 18.1 Å². The lowest BCUT2D eigenvalue weighted by Gasteiger charge is -2.08. The van der Waals surface area contributed by atoms with Gasteiger partial charge in [0.2, 0.25) is 0 Å². The molecule has 100 valence electrons. The molecule has 2 rings (SSSR count). The van der Waals surface area contributed by atoms with Gasteiger partial charge >= 0.3 is 0 Å². The molecule has 1 heterocycles. The number of hydrogen-bond donors (Lipinski definition) is 1. The molecule has 3 nitrogen and oxygen atoms in total. The van der Waals surface area contributed by atoms with Crippen molar-refractivity contribution >= 4 is 0 Å². The van der Waals surface area contributed by atoms with E-state index >= 15 is 0 Å². The summed E-state index contributed by atoms with van der Waals surface area (Å²) in [6, 6.07) is 8.59. The second-order valence-electron chi connectivity index (χ2n) is 4.29. The molecule has 0 saturated heterocycles. The van der Waals surface area contributed by atoms with E-state index in [1.165, 1.54) is 12.1 Å². The third kappa shape index (κ3) is 4.34. The van der Waals surface area contributed by atoms with E-state index in [2.05, 4.69) is 4.98 Å². The molecular formula is C15H17FN2O. The van der Waals surface area contributed by atoms with Gasteiger partial charge in [0, 0.05) is 24.9 Å². The summed E-state index contributed by atoms with van der Waals surface area (Å²) in [4.78, 5) is 4.03. The Balaban J connectivity index is 1.92. The molecule has 0 spiro atoms. The van der Waals surface area contributed by atoms with E-state index in [1.54, 1.807) is 12.4 Å². The number of nitrogens with two attached hydrogens (primary N) is 1. The van der Waals surface area contributed by atoms with E-state index in [4.69, 9.17) is 10.5 Å². The maximum Gasteiger partial charge on any atom is 0.127 e. The van der Waals surface area contributed by atoms with E-state index in [1.807, 2.05) is 18.2 Å². The van der Waals surface area contributed by atoms with Crippen LogP contribution in [0.1, 0.15) is 11.1 Å². The topological polar surface area (TPSA) is 48.1 Å². The molecule has 0 bridgehead atoms. The van der Waals surface area contributed by atoms with Crippen LogP contribution < -0.4 is 10.5 Å². The van der Waals surface area contributed by atoms with Gasteiger partial charge in [0.25, 0.3) is 0 Å². The summed E-state index contributed by atoms with van der Waals surface area (Å²) >= 11 is 0. The summed E-state index contributed by atoms with van der Waals surface area (Å²) in [6.07, 6.45) is 4.93. The summed E-state index contributed by atoms with van der Waals surface area (Å²) in [5.41, 5.74) is 7.42. The molecule has 0 fully saturated rings. The zero-order chi connectivity index (χ0) is 13.5. The molecule has 0 aliphatic heterocycles. The zero-order valence-electron chi connectivity index (χ0n) is 10.7. The number of rotatable bonds is 6. The fourth-order valence-electron chi connectivity index (χ4n) is 1.85. The molecular weight excluding hydrogens is 243 g/mol. The standard InChI is InChI=1S/C15H17FN2O/c16-14-8-13(3-5-17)9-15(10-14)19-7-4-12-2-1-6-18-11-12/h1-2,6,8-11H,3-5,7,17H2. The highest BCUT2D eigenvalue weighted by atomic mass is 19.1. The third-order valence-electron chi connectivity index (χ3n) is 2.75. The largest absolute Gasteiger partial charge is 0.493 e. The first-order valence-corrected chi connectivity index (χ1v) is 6.29. The number of aromatic nitrogens is 1. The highest BCUT2D eigenvalue weighted by Crippen LogP contribution is 2.17. The molecule has 4 heteroatoms. The van der Waals surface area contributed by atoms with Gasteiger partial charge in [-0.25, -0.2) is 4.39 Å². The maximum absolute atomic E-state index is 13.4. The van der Waals surface area contributed by atoms with Gasteiger partial charge in [-0.1, -0.05) is 6.07 Å². The Bertz CT molecular complexity index is 517. The predicted octanol–water partition coefficient (Wildman–Crippen LogP) is 2.34. The second kappa shape index (κ2) is 6.85. The van der Waals surface area contributed by atoms with Crippen molar-refractivity contribution in [2.75, 3.05) is 13.2 Å². The van der Waals surface area contributed by atoms with Gasteiger partial charge in [-0.15, -0.1) is 0 Å². The van der Waals surface area contributed by atoms with Crippen LogP contribution in [0, 0.1) is 5.82 Å². The van der Waals surface area contributed by atoms with Crippen LogP contribution in [0.3, 0.4) is 0 Å². The molecule has 0 atom stereocenters. The molecule has 2 N–H and O–H groups in total. The maximum atomic E-state index is 13.4. The van der Waals surface area contributed by atoms with Gasteiger partial charge in [0.1, 0.15) is 11.6 Å². The Morgan fingerprint density at radius 3 is 2.79 bits per heavy atom. The Kier molecular flexibility index (Phi) is 4.86. The average Bonchev–Trinajstić information content (AvgIpc) is 2.40. The van der Waals surface area contributed by atoms with Crippen molar-refractivity contribution in [1.29, 1.82) is 0 Å². The van der Waals surface area contributed by atoms with Crippen molar-refractivity contribution in [2.24, 2.45) is 5.73 Å². The minimum Gasteiger partial charge on any atom is -0.493 e. The fraction of sp³-hybridized carbons (Fsp3) is 0.267. The summed E-state index contributed by atoms with van der Waals surface area (Å²) in [5.74, 6) is 0.259. The summed E-state index contributed by atoms with van der Waals surface area (Å²) in [6.45, 7) is 0.996. The summed E-state index contributed by atoms with van der Waals surface area (Å²) in [7, 11) is 0. The zero-order valence-corrected chi connectivity index (χ0v) is 10.7. The fourth-order valence-corrected chi connectivity index (χ4v) is 1.85. The summed E-state index contributed by atoms with van der Waals surface area (Å²) < 4.78 is 18.9. The van der Waals surface area contributed by atoms with Crippen molar-refractivity contribution in [1.82, 2.24) is 4.98 Å². The second-order valence-corrected chi connectivity index (χ2v) is 4.29. The molecule has 0 unspecified atom stereocenters. The first-order valence-electron chi connectivity index (χ1n) is 6.29. The predicted molar refractivity (Wildman–Crippen MR) is 72.6 cm³/mol. The van der Waals surface area contributed by atoms with Crippen LogP contribution in [-0.2, 0) is 12.8 Å². The minimum atomic E-state index is -0.290. The van der Waals surface area contributed by atoms with Crippen molar-refractivity contribution in [3.05, 3.63) is 59.7 Å². The van der Waals surface area contributed by atoms with Gasteiger partial charge in [-0.05, 0) is 42.3 Å². The first kappa shape index (κ1) is 13.5. The van der Waals surface area contributed by atoms with Gasteiger partial charge in [-0.2, -0.15) is 0 Å². The average molecular weight is 260 g/mol. The number of nitrogens with zero attached hydrogens (tertiary/aromatic N) is 1. The van der Waals surface area contributed by atoms with Crippen LogP contribution in [0.5, 0.6) is 5.75 Å². The highest BCUT2D eigenvalue weighted by Gasteiger charge is 2.02. The monoisotopic (exact) mass is 260 g/mol. The van der Waals surface area contributed by atoms with Crippen LogP contribution in [0.25, 0.3) is 0 Å². The van der Waals surface area contributed by atoms with E-state index in [9.17, 15) is 4.39 Å². The Labute approximate surface area is 112 Å². The minimum absolute atomic E-state index is 0.290. The molecule has 1 aromatic carbocycles. The molecule has 0 aliphatic rings. The quantitative estimate of drug-likeness (QED) is 0.867. The molecule has 2 aromatic rings. The van der Waals surface area contributed by atoms with Crippen LogP contribution in [0.4, 0.5) is 4.39 Å². The molecule has 19 heavy (non-hydrogen) atoms. The van der Waals surface area contributed by atoms with Crippen LogP contribution >= 0.6 is 0 Å². The van der Waals surface area contributed by atoms with Gasteiger partial charge in [-0.3, -0.25) is 4.98 Å². The van der Waals surface area contributed by atoms with Crippen molar-refractivity contribution in [3.8, 4) is 5.75 Å². The van der Waals surface area contributed by atoms with Crippen molar-refractivity contribution in [3.63, 3.8) is 0 Å². The van der Waals surface area contributed by atoms with Gasteiger partial charge < -0.3 is 10.5 Å². The molecule has 0 saturated carbocycles. The normalized spacial score (nSPS) is 10.4. The number of halogens is 1.